The van der Waals surface area contributed by atoms with Crippen molar-refractivity contribution in [1.82, 2.24) is 10.2 Å². The summed E-state index contributed by atoms with van der Waals surface area (Å²) >= 11 is 6.02. The van der Waals surface area contributed by atoms with Crippen molar-refractivity contribution in [1.29, 1.82) is 0 Å². The monoisotopic (exact) mass is 373 g/mol. The molecule has 0 aromatic heterocycles. The van der Waals surface area contributed by atoms with Gasteiger partial charge in [-0.2, -0.15) is 0 Å². The summed E-state index contributed by atoms with van der Waals surface area (Å²) in [6.07, 6.45) is 3.58. The normalized spacial score (nSPS) is 17.2. The van der Waals surface area contributed by atoms with Crippen LogP contribution in [0.3, 0.4) is 0 Å². The lowest BCUT2D eigenvalue weighted by molar-refractivity contribution is -0.121. The molecule has 2 rings (SSSR count). The third-order valence-electron chi connectivity index (χ3n) is 4.84. The van der Waals surface area contributed by atoms with Crippen molar-refractivity contribution >= 4 is 35.6 Å². The zero-order chi connectivity index (χ0) is 16.8. The second-order valence-corrected chi connectivity index (χ2v) is 6.93. The first kappa shape index (κ1) is 21.2. The number of piperidine rings is 1. The van der Waals surface area contributed by atoms with Crippen molar-refractivity contribution in [3.05, 3.63) is 28.8 Å². The Morgan fingerprint density at radius 2 is 2.04 bits per heavy atom. The molecule has 0 bridgehead atoms. The highest BCUT2D eigenvalue weighted by atomic mass is 35.5. The number of anilines is 1. The number of hydrogen-bond donors (Lipinski definition) is 2. The van der Waals surface area contributed by atoms with Crippen LogP contribution in [0.5, 0.6) is 0 Å². The predicted molar refractivity (Wildman–Crippen MR) is 104 cm³/mol. The molecule has 1 amide bonds. The van der Waals surface area contributed by atoms with Crippen LogP contribution in [0.1, 0.15) is 31.7 Å². The maximum atomic E-state index is 12.5. The minimum absolute atomic E-state index is 0. The summed E-state index contributed by atoms with van der Waals surface area (Å²) < 4.78 is 0. The number of halogens is 2. The lowest BCUT2D eigenvalue weighted by Crippen LogP contribution is -2.46. The quantitative estimate of drug-likeness (QED) is 0.798. The van der Waals surface area contributed by atoms with Gasteiger partial charge in [0.1, 0.15) is 0 Å². The van der Waals surface area contributed by atoms with Crippen molar-refractivity contribution in [2.24, 2.45) is 5.92 Å². The van der Waals surface area contributed by atoms with Crippen LogP contribution in [0.25, 0.3) is 0 Å². The summed E-state index contributed by atoms with van der Waals surface area (Å²) in [5.74, 6) is 0.827. The fraction of sp³-hybridized carbons (Fsp3) is 0.611. The number of aryl methyl sites for hydroxylation is 1. The zero-order valence-electron chi connectivity index (χ0n) is 14.8. The number of amides is 1. The third kappa shape index (κ3) is 5.92. The summed E-state index contributed by atoms with van der Waals surface area (Å²) in [5, 5.41) is 6.88. The van der Waals surface area contributed by atoms with Gasteiger partial charge in [0.15, 0.2) is 0 Å². The number of hydrogen-bond acceptors (Lipinski definition) is 3. The fourth-order valence-electron chi connectivity index (χ4n) is 3.11. The van der Waals surface area contributed by atoms with Crippen molar-refractivity contribution in [2.75, 3.05) is 32.0 Å². The van der Waals surface area contributed by atoms with Crippen LogP contribution in [0.15, 0.2) is 18.2 Å². The molecule has 0 radical (unpaired) electrons. The molecule has 1 unspecified atom stereocenters. The van der Waals surface area contributed by atoms with E-state index in [1.54, 1.807) is 0 Å². The Morgan fingerprint density at radius 3 is 2.67 bits per heavy atom. The van der Waals surface area contributed by atoms with Crippen molar-refractivity contribution in [3.8, 4) is 0 Å². The van der Waals surface area contributed by atoms with Crippen LogP contribution in [-0.4, -0.2) is 43.5 Å². The molecular formula is C18H29Cl2N3O. The largest absolute Gasteiger partial charge is 0.324 e. The van der Waals surface area contributed by atoms with E-state index in [9.17, 15) is 4.79 Å². The Labute approximate surface area is 156 Å². The highest BCUT2D eigenvalue weighted by Gasteiger charge is 2.26. The maximum absolute atomic E-state index is 12.5. The molecule has 1 aliphatic heterocycles. The summed E-state index contributed by atoms with van der Waals surface area (Å²) in [6.45, 7) is 7.04. The first-order valence-corrected chi connectivity index (χ1v) is 8.84. The predicted octanol–water partition coefficient (Wildman–Crippen LogP) is 3.72. The Morgan fingerprint density at radius 1 is 1.38 bits per heavy atom. The molecule has 6 heteroatoms. The van der Waals surface area contributed by atoms with E-state index in [-0.39, 0.29) is 24.4 Å². The zero-order valence-corrected chi connectivity index (χ0v) is 16.3. The molecule has 0 saturated carbocycles. The van der Waals surface area contributed by atoms with Gasteiger partial charge < -0.3 is 10.6 Å². The number of likely N-dealkylation sites (tertiary alicyclic amines) is 1. The van der Waals surface area contributed by atoms with Crippen LogP contribution in [0, 0.1) is 12.8 Å². The summed E-state index contributed by atoms with van der Waals surface area (Å²) in [6, 6.07) is 5.46. The van der Waals surface area contributed by atoms with Gasteiger partial charge in [-0.15, -0.1) is 12.4 Å². The van der Waals surface area contributed by atoms with Crippen LogP contribution in [-0.2, 0) is 4.79 Å². The molecule has 1 aromatic rings. The first-order valence-electron chi connectivity index (χ1n) is 8.47. The van der Waals surface area contributed by atoms with E-state index in [1.165, 1.54) is 19.3 Å². The van der Waals surface area contributed by atoms with Gasteiger partial charge in [-0.05, 0) is 83.4 Å². The van der Waals surface area contributed by atoms with E-state index in [2.05, 4.69) is 15.5 Å². The van der Waals surface area contributed by atoms with E-state index in [4.69, 9.17) is 11.6 Å². The highest BCUT2D eigenvalue weighted by molar-refractivity contribution is 6.31. The molecule has 0 spiro atoms. The van der Waals surface area contributed by atoms with Crippen molar-refractivity contribution in [3.63, 3.8) is 0 Å². The number of rotatable bonds is 6. The second kappa shape index (κ2) is 10.2. The lowest BCUT2D eigenvalue weighted by Gasteiger charge is -2.35. The molecule has 1 aliphatic rings. The average Bonchev–Trinajstić information content (AvgIpc) is 2.56. The second-order valence-electron chi connectivity index (χ2n) is 6.50. The average molecular weight is 374 g/mol. The van der Waals surface area contributed by atoms with Crippen LogP contribution < -0.4 is 10.6 Å². The van der Waals surface area contributed by atoms with E-state index in [1.807, 2.05) is 39.1 Å². The van der Waals surface area contributed by atoms with Gasteiger partial charge in [-0.3, -0.25) is 9.69 Å². The van der Waals surface area contributed by atoms with Gasteiger partial charge in [-0.25, -0.2) is 0 Å². The number of nitrogens with zero attached hydrogens (tertiary/aromatic N) is 1. The molecule has 0 aliphatic carbocycles. The molecule has 1 saturated heterocycles. The van der Waals surface area contributed by atoms with Crippen LogP contribution in [0.2, 0.25) is 5.02 Å². The van der Waals surface area contributed by atoms with Gasteiger partial charge in [0.05, 0.1) is 6.04 Å². The Bertz CT molecular complexity index is 531. The minimum Gasteiger partial charge on any atom is -0.324 e. The van der Waals surface area contributed by atoms with Gasteiger partial charge >= 0.3 is 0 Å². The molecule has 1 heterocycles. The van der Waals surface area contributed by atoms with E-state index in [0.29, 0.717) is 5.02 Å². The number of carbonyl (C=O) groups is 1. The first-order chi connectivity index (χ1) is 11.0. The van der Waals surface area contributed by atoms with E-state index < -0.39 is 0 Å². The number of nitrogens with one attached hydrogen (secondary N) is 2. The number of carbonyl (C=O) groups excluding carboxylic acids is 1. The molecular weight excluding hydrogens is 345 g/mol. The smallest absolute Gasteiger partial charge is 0.241 e. The molecule has 136 valence electrons. The van der Waals surface area contributed by atoms with Gasteiger partial charge in [0.2, 0.25) is 5.91 Å². The summed E-state index contributed by atoms with van der Waals surface area (Å²) in [4.78, 5) is 14.8. The van der Waals surface area contributed by atoms with Gasteiger partial charge in [0, 0.05) is 10.7 Å². The fourth-order valence-corrected chi connectivity index (χ4v) is 3.28. The Hall–Kier alpha value is -0.810. The standard InChI is InChI=1S/C18H28ClN3O.ClH/c1-13-4-5-16(19)12-17(13)21-18(23)14(2)22-10-7-15(8-11-22)6-9-20-3;/h4-5,12,14-15,20H,6-11H2,1-3H3,(H,21,23);1H. The topological polar surface area (TPSA) is 44.4 Å². The van der Waals surface area contributed by atoms with Gasteiger partial charge in [-0.1, -0.05) is 17.7 Å². The molecule has 24 heavy (non-hydrogen) atoms. The summed E-state index contributed by atoms with van der Waals surface area (Å²) in [7, 11) is 2.00. The van der Waals surface area contributed by atoms with Crippen molar-refractivity contribution < 1.29 is 4.79 Å². The summed E-state index contributed by atoms with van der Waals surface area (Å²) in [5.41, 5.74) is 1.83. The molecule has 1 fully saturated rings. The number of benzene rings is 1. The third-order valence-corrected chi connectivity index (χ3v) is 5.07. The Balaban J connectivity index is 0.00000288. The van der Waals surface area contributed by atoms with E-state index in [0.717, 1.165) is 36.8 Å². The van der Waals surface area contributed by atoms with Crippen LogP contribution in [0.4, 0.5) is 5.69 Å². The highest BCUT2D eigenvalue weighted by Crippen LogP contribution is 2.23. The maximum Gasteiger partial charge on any atom is 0.241 e. The Kier molecular flexibility index (Phi) is 9.06. The lowest BCUT2D eigenvalue weighted by atomic mass is 9.93. The minimum atomic E-state index is -0.112. The molecule has 1 atom stereocenters. The van der Waals surface area contributed by atoms with E-state index >= 15 is 0 Å². The molecule has 4 nitrogen and oxygen atoms in total. The molecule has 1 aromatic carbocycles. The van der Waals surface area contributed by atoms with Crippen molar-refractivity contribution in [2.45, 2.75) is 39.2 Å². The molecule has 2 N–H and O–H groups in total. The van der Waals surface area contributed by atoms with Gasteiger partial charge in [0.25, 0.3) is 0 Å². The van der Waals surface area contributed by atoms with Crippen LogP contribution >= 0.6 is 24.0 Å². The SMILES string of the molecule is CNCCC1CCN(C(C)C(=O)Nc2cc(Cl)ccc2C)CC1.Cl.